The van der Waals surface area contributed by atoms with Crippen molar-refractivity contribution in [2.75, 3.05) is 6.54 Å². The fraction of sp³-hybridized carbons (Fsp3) is 0.320. The molecule has 1 aromatic heterocycles. The Balaban J connectivity index is 0.000000169. The number of halogens is 1. The van der Waals surface area contributed by atoms with Gasteiger partial charge < -0.3 is 10.3 Å². The second kappa shape index (κ2) is 10.9. The molecule has 29 heavy (non-hydrogen) atoms. The van der Waals surface area contributed by atoms with Gasteiger partial charge in [0.05, 0.1) is 0 Å². The smallest absolute Gasteiger partial charge is 0.207 e. The lowest BCUT2D eigenvalue weighted by molar-refractivity contribution is -0.109. The van der Waals surface area contributed by atoms with Crippen molar-refractivity contribution in [1.29, 1.82) is 0 Å². The fourth-order valence-corrected chi connectivity index (χ4v) is 4.24. The van der Waals surface area contributed by atoms with E-state index in [1.54, 1.807) is 0 Å². The van der Waals surface area contributed by atoms with Gasteiger partial charge in [-0.25, -0.2) is 0 Å². The highest BCUT2D eigenvalue weighted by molar-refractivity contribution is 6.30. The molecule has 1 saturated carbocycles. The van der Waals surface area contributed by atoms with E-state index in [-0.39, 0.29) is 0 Å². The van der Waals surface area contributed by atoms with Crippen LogP contribution < -0.4 is 5.32 Å². The van der Waals surface area contributed by atoms with Crippen molar-refractivity contribution in [3.63, 3.8) is 0 Å². The Morgan fingerprint density at radius 2 is 1.79 bits per heavy atom. The van der Waals surface area contributed by atoms with Crippen LogP contribution in [0.5, 0.6) is 0 Å². The highest BCUT2D eigenvalue weighted by Crippen LogP contribution is 2.35. The van der Waals surface area contributed by atoms with E-state index in [1.807, 2.05) is 30.6 Å². The Hall–Kier alpha value is -2.52. The molecule has 2 aromatic carbocycles. The molecule has 0 spiro atoms. The molecule has 2 N–H and O–H groups in total. The van der Waals surface area contributed by atoms with Crippen LogP contribution in [-0.4, -0.2) is 17.9 Å². The Labute approximate surface area is 178 Å². The summed E-state index contributed by atoms with van der Waals surface area (Å²) in [5.74, 6) is 1.42. The molecule has 3 nitrogen and oxygen atoms in total. The Bertz CT molecular complexity index is 883. The molecule has 0 radical (unpaired) electrons. The van der Waals surface area contributed by atoms with Crippen LogP contribution in [0.25, 0.3) is 11.1 Å². The van der Waals surface area contributed by atoms with Crippen LogP contribution in [0.3, 0.4) is 0 Å². The number of aryl methyl sites for hydroxylation is 1. The van der Waals surface area contributed by atoms with Gasteiger partial charge in [0.15, 0.2) is 0 Å². The molecule has 0 atom stereocenters. The van der Waals surface area contributed by atoms with Gasteiger partial charge in [-0.2, -0.15) is 0 Å². The maximum absolute atomic E-state index is 10.2. The van der Waals surface area contributed by atoms with E-state index < -0.39 is 0 Å². The molecule has 3 aromatic rings. The van der Waals surface area contributed by atoms with Gasteiger partial charge in [0.1, 0.15) is 0 Å². The van der Waals surface area contributed by atoms with E-state index in [1.165, 1.54) is 42.4 Å². The predicted molar refractivity (Wildman–Crippen MR) is 121 cm³/mol. The first-order valence-electron chi connectivity index (χ1n) is 10.3. The lowest BCUT2D eigenvalue weighted by atomic mass is 9.79. The monoisotopic (exact) mass is 408 g/mol. The van der Waals surface area contributed by atoms with Crippen LogP contribution in [0, 0.1) is 12.8 Å². The highest BCUT2D eigenvalue weighted by Gasteiger charge is 2.21. The third kappa shape index (κ3) is 6.23. The minimum absolute atomic E-state index is 0.685. The summed E-state index contributed by atoms with van der Waals surface area (Å²) < 4.78 is 0. The highest BCUT2D eigenvalue weighted by atomic mass is 35.5. The van der Waals surface area contributed by atoms with Crippen molar-refractivity contribution in [2.45, 2.75) is 38.5 Å². The van der Waals surface area contributed by atoms with Crippen LogP contribution >= 0.6 is 11.6 Å². The van der Waals surface area contributed by atoms with Gasteiger partial charge in [-0.3, -0.25) is 4.79 Å². The van der Waals surface area contributed by atoms with E-state index in [0.29, 0.717) is 5.92 Å². The zero-order chi connectivity index (χ0) is 20.5. The summed E-state index contributed by atoms with van der Waals surface area (Å²) in [6.45, 7) is 2.93. The molecule has 0 unspecified atom stereocenters. The summed E-state index contributed by atoms with van der Waals surface area (Å²) in [4.78, 5) is 13.3. The van der Waals surface area contributed by atoms with Gasteiger partial charge in [0, 0.05) is 29.5 Å². The molecule has 4 rings (SSSR count). The number of carbonyl (C=O) groups is 1. The van der Waals surface area contributed by atoms with E-state index in [9.17, 15) is 4.79 Å². The second-order valence-electron chi connectivity index (χ2n) is 7.72. The minimum atomic E-state index is 0.685. The third-order valence-corrected chi connectivity index (χ3v) is 5.93. The Kier molecular flexibility index (Phi) is 7.94. The van der Waals surface area contributed by atoms with E-state index in [2.05, 4.69) is 53.6 Å². The predicted octanol–water partition coefficient (Wildman–Crippen LogP) is 6.35. The molecular weight excluding hydrogens is 380 g/mol. The molecule has 1 amide bonds. The number of nitrogens with one attached hydrogen (secondary N) is 2. The molecule has 1 aliphatic carbocycles. The summed E-state index contributed by atoms with van der Waals surface area (Å²) in [5.41, 5.74) is 5.08. The zero-order valence-electron chi connectivity index (χ0n) is 16.9. The van der Waals surface area contributed by atoms with Crippen molar-refractivity contribution >= 4 is 18.0 Å². The normalized spacial score (nSPS) is 18.4. The molecule has 152 valence electrons. The topological polar surface area (TPSA) is 44.9 Å². The quantitative estimate of drug-likeness (QED) is 0.474. The summed E-state index contributed by atoms with van der Waals surface area (Å²) in [6, 6.07) is 18.6. The summed E-state index contributed by atoms with van der Waals surface area (Å²) >= 11 is 5.90. The lowest BCUT2D eigenvalue weighted by Crippen LogP contribution is -2.25. The van der Waals surface area contributed by atoms with Crippen LogP contribution in [0.15, 0.2) is 67.0 Å². The van der Waals surface area contributed by atoms with E-state index >= 15 is 0 Å². The number of amides is 1. The Morgan fingerprint density at radius 1 is 1.03 bits per heavy atom. The molecule has 1 aliphatic rings. The number of hydrogen-bond acceptors (Lipinski definition) is 1. The molecule has 1 heterocycles. The number of carbonyl (C=O) groups excluding carboxylic acids is 1. The average molecular weight is 409 g/mol. The lowest BCUT2D eigenvalue weighted by Gasteiger charge is -2.28. The van der Waals surface area contributed by atoms with Crippen molar-refractivity contribution in [3.8, 4) is 11.1 Å². The number of hydrogen-bond donors (Lipinski definition) is 2. The van der Waals surface area contributed by atoms with Crippen LogP contribution in [-0.2, 0) is 4.79 Å². The summed E-state index contributed by atoms with van der Waals surface area (Å²) in [6.07, 6.45) is 9.77. The van der Waals surface area contributed by atoms with Gasteiger partial charge in [0.25, 0.3) is 0 Å². The SMILES string of the molecule is Cc1c[nH]cc1-c1cccc(Cl)c1.O=CNCC1CCC(c2ccccc2)CC1. The summed E-state index contributed by atoms with van der Waals surface area (Å²) in [7, 11) is 0. The average Bonchev–Trinajstić information content (AvgIpc) is 3.20. The third-order valence-electron chi connectivity index (χ3n) is 5.70. The van der Waals surface area contributed by atoms with Gasteiger partial charge in [-0.05, 0) is 73.3 Å². The number of H-pyrrole nitrogens is 1. The molecule has 0 bridgehead atoms. The molecular formula is C25H29ClN2O. The van der Waals surface area contributed by atoms with E-state index in [4.69, 9.17) is 11.6 Å². The number of rotatable bonds is 5. The van der Waals surface area contributed by atoms with E-state index in [0.717, 1.165) is 29.5 Å². The van der Waals surface area contributed by atoms with Gasteiger partial charge >= 0.3 is 0 Å². The van der Waals surface area contributed by atoms with Crippen molar-refractivity contribution in [1.82, 2.24) is 10.3 Å². The van der Waals surface area contributed by atoms with Crippen molar-refractivity contribution < 1.29 is 4.79 Å². The first kappa shape index (κ1) is 21.2. The molecule has 0 saturated heterocycles. The zero-order valence-corrected chi connectivity index (χ0v) is 17.7. The summed E-state index contributed by atoms with van der Waals surface area (Å²) in [5, 5.41) is 3.57. The number of aromatic amines is 1. The first-order chi connectivity index (χ1) is 14.2. The second-order valence-corrected chi connectivity index (χ2v) is 8.15. The first-order valence-corrected chi connectivity index (χ1v) is 10.7. The minimum Gasteiger partial charge on any atom is -0.367 e. The van der Waals surface area contributed by atoms with Crippen LogP contribution in [0.1, 0.15) is 42.7 Å². The molecule has 0 aliphatic heterocycles. The maximum Gasteiger partial charge on any atom is 0.207 e. The number of benzene rings is 2. The van der Waals surface area contributed by atoms with Gasteiger partial charge in [-0.1, -0.05) is 54.1 Å². The Morgan fingerprint density at radius 3 is 2.41 bits per heavy atom. The molecule has 4 heteroatoms. The fourth-order valence-electron chi connectivity index (χ4n) is 4.05. The largest absolute Gasteiger partial charge is 0.367 e. The van der Waals surface area contributed by atoms with Gasteiger partial charge in [-0.15, -0.1) is 0 Å². The number of aromatic nitrogens is 1. The van der Waals surface area contributed by atoms with Crippen molar-refractivity contribution in [3.05, 3.63) is 83.1 Å². The van der Waals surface area contributed by atoms with Crippen LogP contribution in [0.2, 0.25) is 5.02 Å². The van der Waals surface area contributed by atoms with Crippen molar-refractivity contribution in [2.24, 2.45) is 5.92 Å². The maximum atomic E-state index is 10.2. The van der Waals surface area contributed by atoms with Crippen LogP contribution in [0.4, 0.5) is 0 Å². The standard InChI is InChI=1S/C14H19NO.C11H10ClN/c16-11-15-10-12-6-8-14(9-7-12)13-4-2-1-3-5-13;1-8-6-13-7-11(8)9-3-2-4-10(12)5-9/h1-5,11-12,14H,6-10H2,(H,15,16);2-7,13H,1H3. The molecule has 1 fully saturated rings. The van der Waals surface area contributed by atoms with Gasteiger partial charge in [0.2, 0.25) is 6.41 Å².